The van der Waals surface area contributed by atoms with Crippen LogP contribution in [0.15, 0.2) is 42.5 Å². The highest BCUT2D eigenvalue weighted by Crippen LogP contribution is 2.33. The highest BCUT2D eigenvalue weighted by atomic mass is 16.6. The second kappa shape index (κ2) is 11.4. The van der Waals surface area contributed by atoms with Gasteiger partial charge in [-0.3, -0.25) is 24.6 Å². The van der Waals surface area contributed by atoms with Gasteiger partial charge in [0.2, 0.25) is 5.91 Å². The average Bonchev–Trinajstić information content (AvgIpc) is 3.43. The third kappa shape index (κ3) is 5.76. The average molecular weight is 497 g/mol. The molecule has 2 aromatic rings. The summed E-state index contributed by atoms with van der Waals surface area (Å²) in [6, 6.07) is 10.8. The first-order chi connectivity index (χ1) is 17.4. The van der Waals surface area contributed by atoms with Crippen LogP contribution in [-0.2, 0) is 4.79 Å². The molecule has 192 valence electrons. The predicted octanol–water partition coefficient (Wildman–Crippen LogP) is 3.57. The molecule has 1 N–H and O–H groups in total. The first-order valence-corrected chi connectivity index (χ1v) is 12.2. The second-order valence-electron chi connectivity index (χ2n) is 9.22. The number of carbonyl (C=O) groups is 2. The summed E-state index contributed by atoms with van der Waals surface area (Å²) >= 11 is 0. The summed E-state index contributed by atoms with van der Waals surface area (Å²) in [6.45, 7) is 2.00. The Hall–Kier alpha value is -3.66. The van der Waals surface area contributed by atoms with Crippen LogP contribution in [0.4, 0.5) is 11.4 Å². The maximum absolute atomic E-state index is 13.6. The van der Waals surface area contributed by atoms with E-state index in [9.17, 15) is 19.7 Å². The second-order valence-corrected chi connectivity index (χ2v) is 9.22. The highest BCUT2D eigenvalue weighted by Gasteiger charge is 2.37. The Morgan fingerprint density at radius 3 is 2.22 bits per heavy atom. The Bertz CT molecular complexity index is 1090. The molecule has 1 saturated heterocycles. The summed E-state index contributed by atoms with van der Waals surface area (Å²) in [6.07, 6.45) is 4.19. The number of amides is 2. The Morgan fingerprint density at radius 2 is 1.64 bits per heavy atom. The van der Waals surface area contributed by atoms with E-state index in [0.29, 0.717) is 48.9 Å². The van der Waals surface area contributed by atoms with Crippen LogP contribution in [0, 0.1) is 16.0 Å². The molecule has 2 aliphatic rings. The molecule has 2 amide bonds. The number of nitrogens with zero attached hydrogens (tertiary/aromatic N) is 3. The van der Waals surface area contributed by atoms with E-state index < -0.39 is 4.92 Å². The van der Waals surface area contributed by atoms with Crippen molar-refractivity contribution in [2.24, 2.45) is 5.92 Å². The summed E-state index contributed by atoms with van der Waals surface area (Å²) < 4.78 is 10.7. The molecular formula is C26H32N4O6. The van der Waals surface area contributed by atoms with Crippen molar-refractivity contribution in [3.05, 3.63) is 58.1 Å². The van der Waals surface area contributed by atoms with Crippen LogP contribution in [0.3, 0.4) is 0 Å². The SMILES string of the molecule is COc1cc(NC(=O)[C@@H](C2CCCC2)N2CCN(C(=O)c3cccc([N+](=O)[O-])c3)CC2)cc(OC)c1. The standard InChI is InChI=1S/C26H32N4O6/c1-35-22-15-20(16-23(17-22)36-2)27-25(31)24(18-6-3-4-7-18)28-10-12-29(13-11-28)26(32)19-8-5-9-21(14-19)30(33)34/h5,8-9,14-18,24H,3-4,6-7,10-13H2,1-2H3,(H,27,31)/t24-/m1/s1. The first-order valence-electron chi connectivity index (χ1n) is 12.2. The van der Waals surface area contributed by atoms with E-state index in [1.165, 1.54) is 18.2 Å². The molecule has 1 heterocycles. The molecule has 4 rings (SSSR count). The highest BCUT2D eigenvalue weighted by molar-refractivity contribution is 5.96. The largest absolute Gasteiger partial charge is 0.497 e. The number of non-ortho nitro benzene ring substituents is 1. The zero-order valence-electron chi connectivity index (χ0n) is 20.6. The number of piperazine rings is 1. The number of methoxy groups -OCH3 is 2. The molecule has 0 spiro atoms. The minimum Gasteiger partial charge on any atom is -0.497 e. The number of nitro groups is 1. The van der Waals surface area contributed by atoms with Crippen LogP contribution >= 0.6 is 0 Å². The predicted molar refractivity (Wildman–Crippen MR) is 134 cm³/mol. The van der Waals surface area contributed by atoms with Gasteiger partial charge in [-0.1, -0.05) is 18.9 Å². The van der Waals surface area contributed by atoms with Crippen LogP contribution in [0.1, 0.15) is 36.0 Å². The van der Waals surface area contributed by atoms with E-state index in [0.717, 1.165) is 25.7 Å². The van der Waals surface area contributed by atoms with Gasteiger partial charge in [0, 0.05) is 67.8 Å². The lowest BCUT2D eigenvalue weighted by atomic mass is 9.94. The Balaban J connectivity index is 1.46. The number of hydrogen-bond donors (Lipinski definition) is 1. The molecule has 1 saturated carbocycles. The fourth-order valence-electron chi connectivity index (χ4n) is 5.19. The third-order valence-corrected chi connectivity index (χ3v) is 7.03. The van der Waals surface area contributed by atoms with E-state index in [1.54, 1.807) is 43.4 Å². The molecule has 10 heteroatoms. The van der Waals surface area contributed by atoms with Gasteiger partial charge >= 0.3 is 0 Å². The van der Waals surface area contributed by atoms with Crippen molar-refractivity contribution in [3.8, 4) is 11.5 Å². The van der Waals surface area contributed by atoms with E-state index in [2.05, 4.69) is 10.2 Å². The summed E-state index contributed by atoms with van der Waals surface area (Å²) in [7, 11) is 3.13. The maximum Gasteiger partial charge on any atom is 0.270 e. The topological polar surface area (TPSA) is 114 Å². The fraction of sp³-hybridized carbons (Fsp3) is 0.462. The number of nitro benzene ring substituents is 1. The number of carbonyl (C=O) groups excluding carboxylic acids is 2. The van der Waals surface area contributed by atoms with Crippen LogP contribution < -0.4 is 14.8 Å². The van der Waals surface area contributed by atoms with E-state index in [1.807, 2.05) is 0 Å². The monoisotopic (exact) mass is 496 g/mol. The molecule has 1 aliphatic carbocycles. The van der Waals surface area contributed by atoms with Crippen LogP contribution in [0.5, 0.6) is 11.5 Å². The first kappa shape index (κ1) is 25.4. The van der Waals surface area contributed by atoms with E-state index in [-0.39, 0.29) is 29.5 Å². The number of anilines is 1. The Morgan fingerprint density at radius 1 is 1.00 bits per heavy atom. The van der Waals surface area contributed by atoms with Gasteiger partial charge in [-0.25, -0.2) is 0 Å². The van der Waals surface area contributed by atoms with Crippen molar-refractivity contribution in [1.82, 2.24) is 9.80 Å². The van der Waals surface area contributed by atoms with Gasteiger partial charge in [0.05, 0.1) is 25.2 Å². The van der Waals surface area contributed by atoms with Crippen molar-refractivity contribution < 1.29 is 24.0 Å². The van der Waals surface area contributed by atoms with Crippen LogP contribution in [0.25, 0.3) is 0 Å². The number of hydrogen-bond acceptors (Lipinski definition) is 7. The molecule has 2 fully saturated rings. The molecule has 36 heavy (non-hydrogen) atoms. The smallest absolute Gasteiger partial charge is 0.270 e. The lowest BCUT2D eigenvalue weighted by molar-refractivity contribution is -0.384. The van der Waals surface area contributed by atoms with Crippen molar-refractivity contribution >= 4 is 23.2 Å². The van der Waals surface area contributed by atoms with Crippen LogP contribution in [0.2, 0.25) is 0 Å². The van der Waals surface area contributed by atoms with Gasteiger partial charge in [0.1, 0.15) is 11.5 Å². The van der Waals surface area contributed by atoms with Gasteiger partial charge in [0.25, 0.3) is 11.6 Å². The fourth-order valence-corrected chi connectivity index (χ4v) is 5.19. The lowest BCUT2D eigenvalue weighted by Crippen LogP contribution is -2.56. The number of benzene rings is 2. The minimum absolute atomic E-state index is 0.0735. The molecule has 1 aliphatic heterocycles. The van der Waals surface area contributed by atoms with Gasteiger partial charge in [-0.15, -0.1) is 0 Å². The Labute approximate surface area is 210 Å². The van der Waals surface area contributed by atoms with E-state index in [4.69, 9.17) is 9.47 Å². The third-order valence-electron chi connectivity index (χ3n) is 7.03. The van der Waals surface area contributed by atoms with Gasteiger partial charge in [-0.2, -0.15) is 0 Å². The van der Waals surface area contributed by atoms with Crippen molar-refractivity contribution in [1.29, 1.82) is 0 Å². The van der Waals surface area contributed by atoms with Gasteiger partial charge < -0.3 is 19.7 Å². The summed E-state index contributed by atoms with van der Waals surface area (Å²) in [4.78, 5) is 41.0. The molecule has 0 bridgehead atoms. The molecule has 2 aromatic carbocycles. The lowest BCUT2D eigenvalue weighted by Gasteiger charge is -2.40. The van der Waals surface area contributed by atoms with Gasteiger partial charge in [0.15, 0.2) is 0 Å². The number of nitrogens with one attached hydrogen (secondary N) is 1. The van der Waals surface area contributed by atoms with E-state index >= 15 is 0 Å². The minimum atomic E-state index is -0.503. The normalized spacial score (nSPS) is 17.4. The molecule has 0 radical (unpaired) electrons. The zero-order chi connectivity index (χ0) is 25.7. The molecular weight excluding hydrogens is 464 g/mol. The Kier molecular flexibility index (Phi) is 8.04. The quantitative estimate of drug-likeness (QED) is 0.439. The van der Waals surface area contributed by atoms with Crippen molar-refractivity contribution in [2.45, 2.75) is 31.7 Å². The molecule has 1 atom stereocenters. The number of rotatable bonds is 8. The summed E-state index contributed by atoms with van der Waals surface area (Å²) in [5.41, 5.74) is 0.806. The van der Waals surface area contributed by atoms with Crippen molar-refractivity contribution in [3.63, 3.8) is 0 Å². The molecule has 0 unspecified atom stereocenters. The van der Waals surface area contributed by atoms with Crippen LogP contribution in [-0.4, -0.2) is 73.0 Å². The zero-order valence-corrected chi connectivity index (χ0v) is 20.6. The summed E-state index contributed by atoms with van der Waals surface area (Å²) in [5, 5.41) is 14.1. The molecule has 0 aromatic heterocycles. The van der Waals surface area contributed by atoms with Gasteiger partial charge in [-0.05, 0) is 24.8 Å². The van der Waals surface area contributed by atoms with Crippen molar-refractivity contribution in [2.75, 3.05) is 45.7 Å². The molecule has 10 nitrogen and oxygen atoms in total. The summed E-state index contributed by atoms with van der Waals surface area (Å²) in [5.74, 6) is 1.13. The maximum atomic E-state index is 13.6. The number of ether oxygens (including phenoxy) is 2.